The van der Waals surface area contributed by atoms with Crippen LogP contribution in [0.25, 0.3) is 0 Å². The molecule has 1 aromatic carbocycles. The molecule has 14 heavy (non-hydrogen) atoms. The molecule has 1 rings (SSSR count). The fourth-order valence-corrected chi connectivity index (χ4v) is 1.58. The first-order chi connectivity index (χ1) is 6.70. The summed E-state index contributed by atoms with van der Waals surface area (Å²) < 4.78 is 5.34. The lowest BCUT2D eigenvalue weighted by atomic mass is 9.94. The summed E-state index contributed by atoms with van der Waals surface area (Å²) in [5.41, 5.74) is 2.49. The second-order valence-corrected chi connectivity index (χ2v) is 3.57. The lowest BCUT2D eigenvalue weighted by Gasteiger charge is -2.21. The van der Waals surface area contributed by atoms with Gasteiger partial charge in [-0.15, -0.1) is 0 Å². The predicted octanol–water partition coefficient (Wildman–Crippen LogP) is 2.87. The standard InChI is InChI=1S/C12H19NO/c1-9(10(2)14-4)11-7-5-6-8-12(11)13-3/h5-10,13H,1-4H3/t9-,10-/m0/s1. The van der Waals surface area contributed by atoms with Gasteiger partial charge in [-0.3, -0.25) is 0 Å². The van der Waals surface area contributed by atoms with E-state index in [1.165, 1.54) is 11.3 Å². The zero-order valence-corrected chi connectivity index (χ0v) is 9.37. The Labute approximate surface area is 86.3 Å². The Bertz CT molecular complexity index is 285. The second-order valence-electron chi connectivity index (χ2n) is 3.57. The smallest absolute Gasteiger partial charge is 0.0609 e. The van der Waals surface area contributed by atoms with Crippen molar-refractivity contribution in [3.05, 3.63) is 29.8 Å². The summed E-state index contributed by atoms with van der Waals surface area (Å²) in [5, 5.41) is 3.20. The summed E-state index contributed by atoms with van der Waals surface area (Å²) >= 11 is 0. The highest BCUT2D eigenvalue weighted by Crippen LogP contribution is 2.27. The maximum atomic E-state index is 5.34. The number of benzene rings is 1. The highest BCUT2D eigenvalue weighted by Gasteiger charge is 2.15. The van der Waals surface area contributed by atoms with Gasteiger partial charge in [-0.05, 0) is 18.6 Å². The van der Waals surface area contributed by atoms with E-state index in [0.29, 0.717) is 5.92 Å². The zero-order valence-electron chi connectivity index (χ0n) is 9.37. The lowest BCUT2D eigenvalue weighted by Crippen LogP contribution is -2.15. The van der Waals surface area contributed by atoms with Gasteiger partial charge in [-0.1, -0.05) is 25.1 Å². The predicted molar refractivity (Wildman–Crippen MR) is 60.9 cm³/mol. The van der Waals surface area contributed by atoms with E-state index in [9.17, 15) is 0 Å². The van der Waals surface area contributed by atoms with E-state index < -0.39 is 0 Å². The molecule has 0 fully saturated rings. The SMILES string of the molecule is CNc1ccccc1[C@@H](C)[C@H](C)OC. The van der Waals surface area contributed by atoms with Crippen molar-refractivity contribution >= 4 is 5.69 Å². The molecule has 0 aromatic heterocycles. The molecule has 78 valence electrons. The van der Waals surface area contributed by atoms with Crippen molar-refractivity contribution in [1.82, 2.24) is 0 Å². The molecule has 0 amide bonds. The van der Waals surface area contributed by atoms with Crippen molar-refractivity contribution in [2.24, 2.45) is 0 Å². The van der Waals surface area contributed by atoms with Gasteiger partial charge in [0.25, 0.3) is 0 Å². The number of hydrogen-bond acceptors (Lipinski definition) is 2. The summed E-state index contributed by atoms with van der Waals surface area (Å²) in [6.07, 6.45) is 0.240. The normalized spacial score (nSPS) is 14.9. The van der Waals surface area contributed by atoms with Crippen LogP contribution in [0.1, 0.15) is 25.3 Å². The molecular formula is C12H19NO. The first-order valence-corrected chi connectivity index (χ1v) is 5.00. The quantitative estimate of drug-likeness (QED) is 0.794. The van der Waals surface area contributed by atoms with Crippen LogP contribution < -0.4 is 5.32 Å². The van der Waals surface area contributed by atoms with Crippen molar-refractivity contribution in [2.75, 3.05) is 19.5 Å². The van der Waals surface area contributed by atoms with Crippen LogP contribution in [0.5, 0.6) is 0 Å². The van der Waals surface area contributed by atoms with Gasteiger partial charge in [0, 0.05) is 25.8 Å². The number of para-hydroxylation sites is 1. The molecule has 1 N–H and O–H groups in total. The molecule has 2 atom stereocenters. The minimum Gasteiger partial charge on any atom is -0.388 e. The van der Waals surface area contributed by atoms with E-state index >= 15 is 0 Å². The van der Waals surface area contributed by atoms with Crippen LogP contribution in [-0.2, 0) is 4.74 Å². The van der Waals surface area contributed by atoms with Crippen LogP contribution in [-0.4, -0.2) is 20.3 Å². The summed E-state index contributed by atoms with van der Waals surface area (Å²) in [6.45, 7) is 4.28. The first kappa shape index (κ1) is 11.1. The van der Waals surface area contributed by atoms with Gasteiger partial charge in [0.15, 0.2) is 0 Å². The van der Waals surface area contributed by atoms with E-state index in [0.717, 1.165) is 0 Å². The maximum Gasteiger partial charge on any atom is 0.0609 e. The van der Waals surface area contributed by atoms with Gasteiger partial charge in [0.2, 0.25) is 0 Å². The van der Waals surface area contributed by atoms with Gasteiger partial charge in [0.1, 0.15) is 0 Å². The summed E-state index contributed by atoms with van der Waals surface area (Å²) in [5.74, 6) is 0.406. The van der Waals surface area contributed by atoms with Gasteiger partial charge in [-0.2, -0.15) is 0 Å². The number of anilines is 1. The molecule has 0 saturated heterocycles. The van der Waals surface area contributed by atoms with Crippen LogP contribution in [0.2, 0.25) is 0 Å². The Morgan fingerprint density at radius 1 is 1.21 bits per heavy atom. The Morgan fingerprint density at radius 2 is 1.86 bits per heavy atom. The van der Waals surface area contributed by atoms with Crippen LogP contribution in [0.3, 0.4) is 0 Å². The van der Waals surface area contributed by atoms with E-state index in [1.807, 2.05) is 13.1 Å². The van der Waals surface area contributed by atoms with Crippen LogP contribution in [0.15, 0.2) is 24.3 Å². The Balaban J connectivity index is 2.93. The van der Waals surface area contributed by atoms with E-state index in [1.54, 1.807) is 7.11 Å². The Kier molecular flexibility index (Phi) is 3.96. The van der Waals surface area contributed by atoms with Gasteiger partial charge in [-0.25, -0.2) is 0 Å². The van der Waals surface area contributed by atoms with Crippen molar-refractivity contribution in [3.8, 4) is 0 Å². The molecule has 0 spiro atoms. The third-order valence-corrected chi connectivity index (χ3v) is 2.80. The molecule has 0 aliphatic rings. The van der Waals surface area contributed by atoms with Crippen molar-refractivity contribution in [2.45, 2.75) is 25.9 Å². The average Bonchev–Trinajstić information content (AvgIpc) is 2.26. The number of methoxy groups -OCH3 is 1. The molecule has 2 heteroatoms. The van der Waals surface area contributed by atoms with Gasteiger partial charge < -0.3 is 10.1 Å². The number of hydrogen-bond donors (Lipinski definition) is 1. The molecular weight excluding hydrogens is 174 g/mol. The first-order valence-electron chi connectivity index (χ1n) is 5.00. The Morgan fingerprint density at radius 3 is 2.43 bits per heavy atom. The van der Waals surface area contributed by atoms with Crippen LogP contribution in [0.4, 0.5) is 5.69 Å². The van der Waals surface area contributed by atoms with Crippen LogP contribution >= 0.6 is 0 Å². The Hall–Kier alpha value is -1.02. The molecule has 1 aromatic rings. The fourth-order valence-electron chi connectivity index (χ4n) is 1.58. The molecule has 0 aliphatic heterocycles. The third-order valence-electron chi connectivity index (χ3n) is 2.80. The van der Waals surface area contributed by atoms with E-state index in [4.69, 9.17) is 4.74 Å². The summed E-state index contributed by atoms with van der Waals surface area (Å²) in [4.78, 5) is 0. The van der Waals surface area contributed by atoms with Crippen molar-refractivity contribution in [3.63, 3.8) is 0 Å². The third kappa shape index (κ3) is 2.26. The minimum absolute atomic E-state index is 0.240. The van der Waals surface area contributed by atoms with Gasteiger partial charge >= 0.3 is 0 Å². The van der Waals surface area contributed by atoms with Crippen molar-refractivity contribution in [1.29, 1.82) is 0 Å². The van der Waals surface area contributed by atoms with Gasteiger partial charge in [0.05, 0.1) is 6.10 Å². The molecule has 0 radical (unpaired) electrons. The monoisotopic (exact) mass is 193 g/mol. The van der Waals surface area contributed by atoms with Crippen LogP contribution in [0, 0.1) is 0 Å². The second kappa shape index (κ2) is 5.01. The summed E-state index contributed by atoms with van der Waals surface area (Å²) in [7, 11) is 3.70. The average molecular weight is 193 g/mol. The molecule has 0 bridgehead atoms. The zero-order chi connectivity index (χ0) is 10.6. The van der Waals surface area contributed by atoms with E-state index in [-0.39, 0.29) is 6.10 Å². The molecule has 0 saturated carbocycles. The highest BCUT2D eigenvalue weighted by atomic mass is 16.5. The molecule has 0 aliphatic carbocycles. The molecule has 0 unspecified atom stereocenters. The maximum absolute atomic E-state index is 5.34. The topological polar surface area (TPSA) is 21.3 Å². The summed E-state index contributed by atoms with van der Waals surface area (Å²) in [6, 6.07) is 8.34. The number of rotatable bonds is 4. The highest BCUT2D eigenvalue weighted by molar-refractivity contribution is 5.52. The van der Waals surface area contributed by atoms with Crippen molar-refractivity contribution < 1.29 is 4.74 Å². The minimum atomic E-state index is 0.240. The number of ether oxygens (including phenoxy) is 1. The number of nitrogens with one attached hydrogen (secondary N) is 1. The lowest BCUT2D eigenvalue weighted by molar-refractivity contribution is 0.0992. The molecule has 0 heterocycles. The molecule has 2 nitrogen and oxygen atoms in total. The van der Waals surface area contributed by atoms with E-state index in [2.05, 4.69) is 37.4 Å². The largest absolute Gasteiger partial charge is 0.388 e. The fraction of sp³-hybridized carbons (Fsp3) is 0.500.